The maximum atomic E-state index is 12.5. The molecule has 180 valence electrons. The molecule has 2 N–H and O–H groups in total. The molecule has 0 unspecified atom stereocenters. The van der Waals surface area contributed by atoms with Gasteiger partial charge in [-0.1, -0.05) is 48.5 Å². The van der Waals surface area contributed by atoms with Crippen LogP contribution < -0.4 is 5.32 Å². The topological polar surface area (TPSA) is 109 Å². The number of thiazole rings is 1. The summed E-state index contributed by atoms with van der Waals surface area (Å²) in [7, 11) is 0. The number of amides is 2. The molecular formula is C26H25N3O5S. The Bertz CT molecular complexity index is 1230. The van der Waals surface area contributed by atoms with Crippen LogP contribution in [0.25, 0.3) is 11.1 Å². The van der Waals surface area contributed by atoms with Crippen molar-refractivity contribution in [3.8, 4) is 11.1 Å². The van der Waals surface area contributed by atoms with E-state index in [1.807, 2.05) is 24.3 Å². The first-order chi connectivity index (χ1) is 17.0. The van der Waals surface area contributed by atoms with Gasteiger partial charge >= 0.3 is 12.1 Å². The van der Waals surface area contributed by atoms with Crippen LogP contribution in [0.1, 0.15) is 41.2 Å². The van der Waals surface area contributed by atoms with Crippen LogP contribution in [0.3, 0.4) is 0 Å². The molecular weight excluding hydrogens is 466 g/mol. The molecule has 2 aromatic carbocycles. The number of ether oxygens (including phenoxy) is 1. The number of aryl methyl sites for hydroxylation is 1. The van der Waals surface area contributed by atoms with Crippen LogP contribution in [-0.4, -0.2) is 52.2 Å². The van der Waals surface area contributed by atoms with E-state index < -0.39 is 18.1 Å². The van der Waals surface area contributed by atoms with E-state index in [1.54, 1.807) is 6.20 Å². The van der Waals surface area contributed by atoms with Crippen molar-refractivity contribution in [3.63, 3.8) is 0 Å². The summed E-state index contributed by atoms with van der Waals surface area (Å²) in [6, 6.07) is 15.6. The molecule has 35 heavy (non-hydrogen) atoms. The quantitative estimate of drug-likeness (QED) is 0.503. The molecule has 2 heterocycles. The number of carboxylic acid groups (broad SMARTS) is 1. The van der Waals surface area contributed by atoms with Gasteiger partial charge in [-0.05, 0) is 41.5 Å². The van der Waals surface area contributed by atoms with E-state index in [0.29, 0.717) is 30.9 Å². The SMILES string of the molecule is O=C(Nc1ncc(CCC(=O)N2CCC[C@@H]2C(=O)O)s1)OCC1c2ccccc2-c2ccccc21. The highest BCUT2D eigenvalue weighted by atomic mass is 32.1. The molecule has 1 aliphatic carbocycles. The molecule has 5 rings (SSSR count). The van der Waals surface area contributed by atoms with Crippen molar-refractivity contribution >= 4 is 34.4 Å². The Morgan fingerprint density at radius 3 is 2.46 bits per heavy atom. The van der Waals surface area contributed by atoms with Gasteiger partial charge in [0.1, 0.15) is 12.6 Å². The average molecular weight is 492 g/mol. The second-order valence-corrected chi connectivity index (χ2v) is 9.78. The molecule has 3 aromatic rings. The van der Waals surface area contributed by atoms with Gasteiger partial charge in [0.05, 0.1) is 0 Å². The molecule has 1 aromatic heterocycles. The van der Waals surface area contributed by atoms with Crippen LogP contribution in [0, 0.1) is 0 Å². The number of anilines is 1. The van der Waals surface area contributed by atoms with E-state index in [1.165, 1.54) is 27.4 Å². The Morgan fingerprint density at radius 1 is 1.09 bits per heavy atom. The largest absolute Gasteiger partial charge is 0.480 e. The normalized spacial score (nSPS) is 16.6. The number of aliphatic carboxylic acids is 1. The summed E-state index contributed by atoms with van der Waals surface area (Å²) in [5.41, 5.74) is 4.62. The summed E-state index contributed by atoms with van der Waals surface area (Å²) in [6.45, 7) is 0.695. The summed E-state index contributed by atoms with van der Waals surface area (Å²) in [5.74, 6) is -1.15. The number of nitrogens with zero attached hydrogens (tertiary/aromatic N) is 2. The molecule has 1 saturated heterocycles. The second-order valence-electron chi connectivity index (χ2n) is 8.67. The number of carboxylic acids is 1. The zero-order chi connectivity index (χ0) is 24.4. The van der Waals surface area contributed by atoms with Gasteiger partial charge in [-0.15, -0.1) is 11.3 Å². The summed E-state index contributed by atoms with van der Waals surface area (Å²) in [6.07, 6.45) is 2.88. The van der Waals surface area contributed by atoms with Gasteiger partial charge in [0.2, 0.25) is 5.91 Å². The number of carbonyl (C=O) groups excluding carboxylic acids is 2. The Balaban J connectivity index is 1.14. The first-order valence-electron chi connectivity index (χ1n) is 11.6. The van der Waals surface area contributed by atoms with Crippen LogP contribution in [0.4, 0.5) is 9.93 Å². The molecule has 1 aliphatic heterocycles. The fourth-order valence-electron chi connectivity index (χ4n) is 4.90. The lowest BCUT2D eigenvalue weighted by atomic mass is 9.98. The number of aromatic nitrogens is 1. The number of benzene rings is 2. The number of carbonyl (C=O) groups is 3. The Hall–Kier alpha value is -3.72. The van der Waals surface area contributed by atoms with Crippen molar-refractivity contribution in [2.45, 2.75) is 37.6 Å². The number of rotatable bonds is 7. The van der Waals surface area contributed by atoms with Gasteiger partial charge < -0.3 is 14.7 Å². The van der Waals surface area contributed by atoms with Crippen LogP contribution in [0.2, 0.25) is 0 Å². The van der Waals surface area contributed by atoms with Gasteiger partial charge in [0.25, 0.3) is 0 Å². The molecule has 2 amide bonds. The van der Waals surface area contributed by atoms with Gasteiger partial charge in [0.15, 0.2) is 5.13 Å². The third-order valence-corrected chi connectivity index (χ3v) is 7.52. The molecule has 9 heteroatoms. The third-order valence-electron chi connectivity index (χ3n) is 6.55. The fraction of sp³-hybridized carbons (Fsp3) is 0.308. The maximum absolute atomic E-state index is 12.5. The minimum Gasteiger partial charge on any atom is -0.480 e. The number of hydrogen-bond acceptors (Lipinski definition) is 6. The third kappa shape index (κ3) is 4.77. The Kier molecular flexibility index (Phi) is 6.50. The smallest absolute Gasteiger partial charge is 0.413 e. The van der Waals surface area contributed by atoms with E-state index in [0.717, 1.165) is 16.0 Å². The molecule has 1 fully saturated rings. The Labute approximate surface area is 206 Å². The second kappa shape index (κ2) is 9.87. The zero-order valence-electron chi connectivity index (χ0n) is 19.0. The Morgan fingerprint density at radius 2 is 1.77 bits per heavy atom. The van der Waals surface area contributed by atoms with Crippen LogP contribution in [0.15, 0.2) is 54.7 Å². The first kappa shape index (κ1) is 23.0. The van der Waals surface area contributed by atoms with Gasteiger partial charge in [0, 0.05) is 30.0 Å². The van der Waals surface area contributed by atoms with E-state index in [2.05, 4.69) is 34.6 Å². The lowest BCUT2D eigenvalue weighted by Crippen LogP contribution is -2.40. The van der Waals surface area contributed by atoms with Crippen molar-refractivity contribution in [2.75, 3.05) is 18.5 Å². The van der Waals surface area contributed by atoms with E-state index in [4.69, 9.17) is 4.74 Å². The summed E-state index contributed by atoms with van der Waals surface area (Å²) in [4.78, 5) is 42.7. The number of fused-ring (bicyclic) bond motifs is 3. The maximum Gasteiger partial charge on any atom is 0.413 e. The number of likely N-dealkylation sites (tertiary alicyclic amines) is 1. The van der Waals surface area contributed by atoms with E-state index >= 15 is 0 Å². The van der Waals surface area contributed by atoms with Crippen LogP contribution in [-0.2, 0) is 20.7 Å². The molecule has 2 aliphatic rings. The van der Waals surface area contributed by atoms with Gasteiger partial charge in [-0.3, -0.25) is 10.1 Å². The average Bonchev–Trinajstić information content (AvgIpc) is 3.59. The highest BCUT2D eigenvalue weighted by Gasteiger charge is 2.33. The minimum atomic E-state index is -0.955. The van der Waals surface area contributed by atoms with Crippen molar-refractivity contribution in [3.05, 3.63) is 70.7 Å². The van der Waals surface area contributed by atoms with Crippen molar-refractivity contribution in [1.82, 2.24) is 9.88 Å². The lowest BCUT2D eigenvalue weighted by Gasteiger charge is -2.21. The first-order valence-corrected chi connectivity index (χ1v) is 12.4. The standard InChI is InChI=1S/C26H25N3O5S/c30-23(29-13-5-10-22(29)24(31)32)12-11-16-14-27-25(35-16)28-26(33)34-15-21-19-8-3-1-6-17(19)18-7-2-4-9-20(18)21/h1-4,6-9,14,21-22H,5,10-13,15H2,(H,31,32)(H,27,28,33)/t22-/m1/s1. The predicted octanol–water partition coefficient (Wildman–Crippen LogP) is 4.51. The molecule has 0 bridgehead atoms. The van der Waals surface area contributed by atoms with E-state index in [9.17, 15) is 19.5 Å². The predicted molar refractivity (Wildman–Crippen MR) is 131 cm³/mol. The minimum absolute atomic E-state index is 0.0220. The molecule has 0 spiro atoms. The van der Waals surface area contributed by atoms with Crippen molar-refractivity contribution in [1.29, 1.82) is 0 Å². The van der Waals surface area contributed by atoms with Gasteiger partial charge in [-0.2, -0.15) is 0 Å². The molecule has 8 nitrogen and oxygen atoms in total. The highest BCUT2D eigenvalue weighted by molar-refractivity contribution is 7.15. The summed E-state index contributed by atoms with van der Waals surface area (Å²) >= 11 is 1.28. The monoisotopic (exact) mass is 491 g/mol. The summed E-state index contributed by atoms with van der Waals surface area (Å²) < 4.78 is 5.55. The highest BCUT2D eigenvalue weighted by Crippen LogP contribution is 2.44. The van der Waals surface area contributed by atoms with E-state index in [-0.39, 0.29) is 24.9 Å². The van der Waals surface area contributed by atoms with Gasteiger partial charge in [-0.25, -0.2) is 14.6 Å². The van der Waals surface area contributed by atoms with Crippen LogP contribution in [0.5, 0.6) is 0 Å². The number of nitrogens with one attached hydrogen (secondary N) is 1. The molecule has 1 atom stereocenters. The number of hydrogen-bond donors (Lipinski definition) is 2. The fourth-order valence-corrected chi connectivity index (χ4v) is 5.70. The lowest BCUT2D eigenvalue weighted by molar-refractivity contribution is -0.148. The van der Waals surface area contributed by atoms with Crippen molar-refractivity contribution in [2.24, 2.45) is 0 Å². The van der Waals surface area contributed by atoms with Crippen LogP contribution >= 0.6 is 11.3 Å². The van der Waals surface area contributed by atoms with Crippen molar-refractivity contribution < 1.29 is 24.2 Å². The molecule has 0 radical (unpaired) electrons. The summed E-state index contributed by atoms with van der Waals surface area (Å²) in [5, 5.41) is 12.3. The molecule has 0 saturated carbocycles. The zero-order valence-corrected chi connectivity index (χ0v) is 19.8.